The van der Waals surface area contributed by atoms with Crippen molar-refractivity contribution in [1.82, 2.24) is 0 Å². The number of epoxide rings is 2. The topological polar surface area (TPSA) is 77.7 Å². The van der Waals surface area contributed by atoms with Crippen LogP contribution in [0.1, 0.15) is 0 Å². The van der Waals surface area contributed by atoms with Gasteiger partial charge in [0.15, 0.2) is 0 Å². The molecule has 2 rings (SSSR count). The van der Waals surface area contributed by atoms with Crippen LogP contribution in [0.3, 0.4) is 0 Å². The van der Waals surface area contributed by atoms with Gasteiger partial charge in [-0.15, -0.1) is 0 Å². The predicted molar refractivity (Wildman–Crippen MR) is 66.3 cm³/mol. The van der Waals surface area contributed by atoms with Gasteiger partial charge in [0.05, 0.1) is 13.2 Å². The molecule has 18 heavy (non-hydrogen) atoms. The monoisotopic (exact) mass is 294 g/mol. The minimum atomic E-state index is -0.289. The molecule has 0 aromatic carbocycles. The Bertz CT molecular complexity index is 273. The first-order valence-corrected chi connectivity index (χ1v) is 8.01. The summed E-state index contributed by atoms with van der Waals surface area (Å²) in [5.74, 6) is -0.141. The van der Waals surface area contributed by atoms with Gasteiger partial charge >= 0.3 is 11.9 Å². The lowest BCUT2D eigenvalue weighted by molar-refractivity contribution is -0.141. The summed E-state index contributed by atoms with van der Waals surface area (Å²) >= 11 is 0. The number of carbonyl (C=O) groups is 2. The van der Waals surface area contributed by atoms with E-state index >= 15 is 0 Å². The largest absolute Gasteiger partial charge is 0.462 e. The molecule has 0 aliphatic carbocycles. The Morgan fingerprint density at radius 2 is 1.33 bits per heavy atom. The van der Waals surface area contributed by atoms with Crippen molar-refractivity contribution in [2.24, 2.45) is 0 Å². The Morgan fingerprint density at radius 1 is 0.944 bits per heavy atom. The summed E-state index contributed by atoms with van der Waals surface area (Å²) < 4.78 is 19.7. The number of ether oxygens (including phenoxy) is 4. The SMILES string of the molecule is O=C(CSSCC(=O)OCC1CO1)OCC1CO1. The molecule has 0 aromatic heterocycles. The molecule has 0 saturated carbocycles. The van der Waals surface area contributed by atoms with E-state index in [9.17, 15) is 9.59 Å². The van der Waals surface area contributed by atoms with E-state index in [1.807, 2.05) is 0 Å². The van der Waals surface area contributed by atoms with Crippen molar-refractivity contribution in [3.63, 3.8) is 0 Å². The highest BCUT2D eigenvalue weighted by molar-refractivity contribution is 8.77. The summed E-state index contributed by atoms with van der Waals surface area (Å²) in [5.41, 5.74) is 0. The van der Waals surface area contributed by atoms with E-state index in [4.69, 9.17) is 18.9 Å². The zero-order valence-corrected chi connectivity index (χ0v) is 11.3. The van der Waals surface area contributed by atoms with Crippen LogP contribution in [-0.4, -0.2) is 62.1 Å². The highest BCUT2D eigenvalue weighted by Gasteiger charge is 2.25. The maximum absolute atomic E-state index is 11.2. The van der Waals surface area contributed by atoms with Crippen molar-refractivity contribution in [3.05, 3.63) is 0 Å². The fraction of sp³-hybridized carbons (Fsp3) is 0.800. The van der Waals surface area contributed by atoms with E-state index in [-0.39, 0.29) is 35.7 Å². The van der Waals surface area contributed by atoms with Crippen molar-refractivity contribution in [2.75, 3.05) is 37.9 Å². The summed E-state index contributed by atoms with van der Waals surface area (Å²) in [6.45, 7) is 2.00. The molecule has 0 bridgehead atoms. The molecular formula is C10H14O6S2. The molecule has 0 aromatic rings. The fourth-order valence-electron chi connectivity index (χ4n) is 0.963. The molecule has 8 heteroatoms. The first-order chi connectivity index (χ1) is 8.74. The second-order valence-corrected chi connectivity index (χ2v) is 6.26. The van der Waals surface area contributed by atoms with E-state index in [2.05, 4.69) is 0 Å². The molecule has 0 amide bonds. The van der Waals surface area contributed by atoms with Crippen LogP contribution in [0.25, 0.3) is 0 Å². The highest BCUT2D eigenvalue weighted by atomic mass is 33.1. The summed E-state index contributed by atoms with van der Waals surface area (Å²) in [6.07, 6.45) is 0.178. The standard InChI is InChI=1S/C10H14O6S2/c11-9(15-3-7-1-13-7)5-17-18-6-10(12)16-4-8-2-14-8/h7-8H,1-6H2. The maximum atomic E-state index is 11.2. The number of hydrogen-bond donors (Lipinski definition) is 0. The van der Waals surface area contributed by atoms with Crippen LogP contribution < -0.4 is 0 Å². The number of carbonyl (C=O) groups excluding carboxylic acids is 2. The summed E-state index contributed by atoms with van der Waals surface area (Å²) in [5, 5.41) is 0. The van der Waals surface area contributed by atoms with Gasteiger partial charge in [0.2, 0.25) is 0 Å². The Labute approximate surface area is 112 Å². The molecule has 2 aliphatic heterocycles. The maximum Gasteiger partial charge on any atom is 0.316 e. The van der Waals surface area contributed by atoms with Gasteiger partial charge < -0.3 is 18.9 Å². The van der Waals surface area contributed by atoms with Crippen LogP contribution in [0.15, 0.2) is 0 Å². The zero-order valence-electron chi connectivity index (χ0n) is 9.66. The van der Waals surface area contributed by atoms with Crippen LogP contribution >= 0.6 is 21.6 Å². The average Bonchev–Trinajstić information content (AvgIpc) is 3.23. The fourth-order valence-corrected chi connectivity index (χ4v) is 2.57. The van der Waals surface area contributed by atoms with Crippen LogP contribution in [0.4, 0.5) is 0 Å². The number of rotatable bonds is 9. The molecule has 2 fully saturated rings. The first-order valence-electron chi connectivity index (χ1n) is 5.53. The van der Waals surface area contributed by atoms with Crippen LogP contribution in [0, 0.1) is 0 Å². The minimum absolute atomic E-state index is 0.0891. The molecule has 2 aliphatic rings. The summed E-state index contributed by atoms with van der Waals surface area (Å²) in [4.78, 5) is 22.4. The van der Waals surface area contributed by atoms with Gasteiger partial charge in [-0.1, -0.05) is 21.6 Å². The van der Waals surface area contributed by atoms with E-state index in [0.717, 1.165) is 0 Å². The Hall–Kier alpha value is -0.440. The minimum Gasteiger partial charge on any atom is -0.462 e. The lowest BCUT2D eigenvalue weighted by Crippen LogP contribution is -2.12. The highest BCUT2D eigenvalue weighted by Crippen LogP contribution is 2.21. The lowest BCUT2D eigenvalue weighted by Gasteiger charge is -2.03. The van der Waals surface area contributed by atoms with E-state index in [0.29, 0.717) is 26.4 Å². The van der Waals surface area contributed by atoms with Crippen molar-refractivity contribution < 1.29 is 28.5 Å². The van der Waals surface area contributed by atoms with Crippen LogP contribution in [0.5, 0.6) is 0 Å². The lowest BCUT2D eigenvalue weighted by atomic mass is 10.5. The van der Waals surface area contributed by atoms with Gasteiger partial charge in [0.25, 0.3) is 0 Å². The van der Waals surface area contributed by atoms with Gasteiger partial charge in [-0.3, -0.25) is 9.59 Å². The molecule has 0 radical (unpaired) electrons. The van der Waals surface area contributed by atoms with Crippen LogP contribution in [0.2, 0.25) is 0 Å². The summed E-state index contributed by atoms with van der Waals surface area (Å²) in [6, 6.07) is 0. The van der Waals surface area contributed by atoms with E-state index in [1.165, 1.54) is 21.6 Å². The molecule has 0 N–H and O–H groups in total. The predicted octanol–water partition coefficient (Wildman–Crippen LogP) is 0.252. The number of hydrogen-bond acceptors (Lipinski definition) is 8. The molecule has 0 spiro atoms. The van der Waals surface area contributed by atoms with Crippen molar-refractivity contribution in [3.8, 4) is 0 Å². The second kappa shape index (κ2) is 7.22. The number of esters is 2. The van der Waals surface area contributed by atoms with Gasteiger partial charge in [0, 0.05) is 0 Å². The summed E-state index contributed by atoms with van der Waals surface area (Å²) in [7, 11) is 2.56. The Morgan fingerprint density at radius 3 is 1.67 bits per heavy atom. The Kier molecular flexibility index (Phi) is 5.61. The van der Waals surface area contributed by atoms with Crippen molar-refractivity contribution in [2.45, 2.75) is 12.2 Å². The second-order valence-electron chi connectivity index (χ2n) is 3.80. The normalized spacial score (nSPS) is 24.4. The third kappa shape index (κ3) is 6.48. The third-order valence-corrected chi connectivity index (χ3v) is 4.18. The molecule has 102 valence electrons. The smallest absolute Gasteiger partial charge is 0.316 e. The third-order valence-electron chi connectivity index (χ3n) is 2.10. The molecule has 2 atom stereocenters. The van der Waals surface area contributed by atoms with Gasteiger partial charge in [0.1, 0.15) is 36.9 Å². The average molecular weight is 294 g/mol. The molecule has 6 nitrogen and oxygen atoms in total. The van der Waals surface area contributed by atoms with Crippen molar-refractivity contribution >= 4 is 33.5 Å². The van der Waals surface area contributed by atoms with E-state index in [1.54, 1.807) is 0 Å². The van der Waals surface area contributed by atoms with Gasteiger partial charge in [-0.25, -0.2) is 0 Å². The Balaban J connectivity index is 1.39. The zero-order chi connectivity index (χ0) is 12.8. The molecule has 2 saturated heterocycles. The van der Waals surface area contributed by atoms with Crippen LogP contribution in [-0.2, 0) is 28.5 Å². The van der Waals surface area contributed by atoms with Gasteiger partial charge in [-0.2, -0.15) is 0 Å². The van der Waals surface area contributed by atoms with Crippen molar-refractivity contribution in [1.29, 1.82) is 0 Å². The van der Waals surface area contributed by atoms with Gasteiger partial charge in [-0.05, 0) is 0 Å². The first kappa shape index (κ1) is 14.0. The quantitative estimate of drug-likeness (QED) is 0.259. The molecule has 2 unspecified atom stereocenters. The van der Waals surface area contributed by atoms with E-state index < -0.39 is 0 Å². The molecule has 2 heterocycles. The molecular weight excluding hydrogens is 280 g/mol.